The molecular formula is C12H18ClN. The highest BCUT2D eigenvalue weighted by Gasteiger charge is 2.10. The van der Waals surface area contributed by atoms with E-state index in [4.69, 9.17) is 11.6 Å². The molecule has 0 aliphatic rings. The molecule has 0 aliphatic heterocycles. The highest BCUT2D eigenvalue weighted by Crippen LogP contribution is 2.23. The lowest BCUT2D eigenvalue weighted by Crippen LogP contribution is -2.31. The quantitative estimate of drug-likeness (QED) is 0.688. The molecule has 0 N–H and O–H groups in total. The molecule has 0 aromatic heterocycles. The fraction of sp³-hybridized carbons (Fsp3) is 0.500. The van der Waals surface area contributed by atoms with Crippen molar-refractivity contribution in [3.05, 3.63) is 29.8 Å². The van der Waals surface area contributed by atoms with Crippen molar-refractivity contribution >= 4 is 17.3 Å². The highest BCUT2D eigenvalue weighted by atomic mass is 35.5. The minimum Gasteiger partial charge on any atom is -0.369 e. The summed E-state index contributed by atoms with van der Waals surface area (Å²) in [6, 6.07) is 8.85. The molecule has 1 aromatic carbocycles. The van der Waals surface area contributed by atoms with Crippen LogP contribution >= 0.6 is 11.6 Å². The zero-order chi connectivity index (χ0) is 10.6. The summed E-state index contributed by atoms with van der Waals surface area (Å²) >= 11 is 5.91. The first kappa shape index (κ1) is 11.4. The summed E-state index contributed by atoms with van der Waals surface area (Å²) in [5.74, 6) is 0.583. The molecule has 0 aliphatic carbocycles. The Morgan fingerprint density at radius 1 is 1.29 bits per heavy atom. The Balaban J connectivity index is 3.02. The maximum Gasteiger partial charge on any atom is 0.0494 e. The van der Waals surface area contributed by atoms with Crippen molar-refractivity contribution in [2.75, 3.05) is 11.4 Å². The standard InChI is InChI=1S/C12H18ClN/c1-4-14(10(2)3)12-8-6-5-7-11(12)9-13/h5-8,10H,4,9H2,1-3H3. The van der Waals surface area contributed by atoms with Gasteiger partial charge < -0.3 is 4.90 Å². The van der Waals surface area contributed by atoms with E-state index < -0.39 is 0 Å². The molecule has 0 bridgehead atoms. The van der Waals surface area contributed by atoms with Crippen molar-refractivity contribution in [3.8, 4) is 0 Å². The van der Waals surface area contributed by atoms with Gasteiger partial charge in [0.15, 0.2) is 0 Å². The van der Waals surface area contributed by atoms with Crippen LogP contribution < -0.4 is 4.90 Å². The molecule has 1 rings (SSSR count). The first-order valence-electron chi connectivity index (χ1n) is 5.11. The SMILES string of the molecule is CCN(c1ccccc1CCl)C(C)C. The summed E-state index contributed by atoms with van der Waals surface area (Å²) in [6.45, 7) is 7.60. The molecule has 1 nitrogen and oxygen atoms in total. The predicted molar refractivity (Wildman–Crippen MR) is 64.2 cm³/mol. The van der Waals surface area contributed by atoms with Crippen molar-refractivity contribution in [3.63, 3.8) is 0 Å². The summed E-state index contributed by atoms with van der Waals surface area (Å²) in [5.41, 5.74) is 2.48. The Bertz CT molecular complexity index is 283. The lowest BCUT2D eigenvalue weighted by Gasteiger charge is -2.29. The van der Waals surface area contributed by atoms with Crippen LogP contribution in [0.4, 0.5) is 5.69 Å². The second kappa shape index (κ2) is 5.26. The molecular weight excluding hydrogens is 194 g/mol. The van der Waals surface area contributed by atoms with Crippen LogP contribution in [0.15, 0.2) is 24.3 Å². The van der Waals surface area contributed by atoms with Crippen LogP contribution in [-0.2, 0) is 5.88 Å². The van der Waals surface area contributed by atoms with Gasteiger partial charge in [-0.2, -0.15) is 0 Å². The summed E-state index contributed by atoms with van der Waals surface area (Å²) in [6.07, 6.45) is 0. The van der Waals surface area contributed by atoms with Gasteiger partial charge in [-0.05, 0) is 32.4 Å². The van der Waals surface area contributed by atoms with E-state index in [2.05, 4.69) is 43.9 Å². The van der Waals surface area contributed by atoms with Gasteiger partial charge >= 0.3 is 0 Å². The molecule has 0 unspecified atom stereocenters. The third-order valence-electron chi connectivity index (χ3n) is 2.41. The van der Waals surface area contributed by atoms with Crippen molar-refractivity contribution in [1.82, 2.24) is 0 Å². The van der Waals surface area contributed by atoms with Crippen molar-refractivity contribution in [2.24, 2.45) is 0 Å². The van der Waals surface area contributed by atoms with Gasteiger partial charge in [-0.1, -0.05) is 18.2 Å². The van der Waals surface area contributed by atoms with Gasteiger partial charge in [0.2, 0.25) is 0 Å². The third kappa shape index (κ3) is 2.42. The lowest BCUT2D eigenvalue weighted by molar-refractivity contribution is 0.701. The minimum absolute atomic E-state index is 0.518. The van der Waals surface area contributed by atoms with Crippen molar-refractivity contribution in [2.45, 2.75) is 32.7 Å². The summed E-state index contributed by atoms with van der Waals surface area (Å²) in [7, 11) is 0. The predicted octanol–water partition coefficient (Wildman–Crippen LogP) is 3.66. The van der Waals surface area contributed by atoms with E-state index in [1.807, 2.05) is 6.07 Å². The van der Waals surface area contributed by atoms with E-state index in [1.165, 1.54) is 11.3 Å². The van der Waals surface area contributed by atoms with Gasteiger partial charge in [0.25, 0.3) is 0 Å². The number of anilines is 1. The molecule has 0 fully saturated rings. The van der Waals surface area contributed by atoms with Gasteiger partial charge in [-0.3, -0.25) is 0 Å². The topological polar surface area (TPSA) is 3.24 Å². The number of para-hydroxylation sites is 1. The molecule has 14 heavy (non-hydrogen) atoms. The minimum atomic E-state index is 0.518. The molecule has 0 heterocycles. The van der Waals surface area contributed by atoms with Crippen LogP contribution in [0.5, 0.6) is 0 Å². The molecule has 78 valence electrons. The number of hydrogen-bond donors (Lipinski definition) is 0. The van der Waals surface area contributed by atoms with E-state index in [-0.39, 0.29) is 0 Å². The van der Waals surface area contributed by atoms with Gasteiger partial charge in [0.05, 0.1) is 0 Å². The summed E-state index contributed by atoms with van der Waals surface area (Å²) < 4.78 is 0. The van der Waals surface area contributed by atoms with Crippen LogP contribution in [0.2, 0.25) is 0 Å². The average molecular weight is 212 g/mol. The zero-order valence-corrected chi connectivity index (χ0v) is 9.88. The first-order chi connectivity index (χ1) is 6.70. The summed E-state index contributed by atoms with van der Waals surface area (Å²) in [4.78, 5) is 2.36. The smallest absolute Gasteiger partial charge is 0.0494 e. The normalized spacial score (nSPS) is 10.6. The van der Waals surface area contributed by atoms with Crippen LogP contribution in [0, 0.1) is 0 Å². The Morgan fingerprint density at radius 3 is 2.43 bits per heavy atom. The molecule has 0 saturated carbocycles. The number of alkyl halides is 1. The van der Waals surface area contributed by atoms with Gasteiger partial charge in [0.1, 0.15) is 0 Å². The maximum atomic E-state index is 5.91. The first-order valence-corrected chi connectivity index (χ1v) is 5.64. The number of halogens is 1. The van der Waals surface area contributed by atoms with Gasteiger partial charge in [-0.25, -0.2) is 0 Å². The Labute approximate surface area is 91.7 Å². The van der Waals surface area contributed by atoms with Gasteiger partial charge in [0, 0.05) is 24.2 Å². The number of nitrogens with zero attached hydrogens (tertiary/aromatic N) is 1. The van der Waals surface area contributed by atoms with Gasteiger partial charge in [-0.15, -0.1) is 11.6 Å². The lowest BCUT2D eigenvalue weighted by atomic mass is 10.1. The molecule has 2 heteroatoms. The van der Waals surface area contributed by atoms with Crippen LogP contribution in [0.25, 0.3) is 0 Å². The molecule has 0 saturated heterocycles. The average Bonchev–Trinajstić information content (AvgIpc) is 2.19. The highest BCUT2D eigenvalue weighted by molar-refractivity contribution is 6.17. The summed E-state index contributed by atoms with van der Waals surface area (Å²) in [5, 5.41) is 0. The number of rotatable bonds is 4. The third-order valence-corrected chi connectivity index (χ3v) is 2.70. The van der Waals surface area contributed by atoms with E-state index in [9.17, 15) is 0 Å². The van der Waals surface area contributed by atoms with E-state index in [1.54, 1.807) is 0 Å². The fourth-order valence-electron chi connectivity index (χ4n) is 1.72. The number of hydrogen-bond acceptors (Lipinski definition) is 1. The van der Waals surface area contributed by atoms with Crippen molar-refractivity contribution in [1.29, 1.82) is 0 Å². The molecule has 1 aromatic rings. The second-order valence-corrected chi connectivity index (χ2v) is 3.91. The van der Waals surface area contributed by atoms with Crippen LogP contribution in [-0.4, -0.2) is 12.6 Å². The Kier molecular flexibility index (Phi) is 4.27. The van der Waals surface area contributed by atoms with Crippen LogP contribution in [0.3, 0.4) is 0 Å². The molecule has 0 radical (unpaired) electrons. The molecule has 0 amide bonds. The second-order valence-electron chi connectivity index (χ2n) is 3.64. The Morgan fingerprint density at radius 2 is 1.93 bits per heavy atom. The largest absolute Gasteiger partial charge is 0.369 e. The van der Waals surface area contributed by atoms with Crippen LogP contribution in [0.1, 0.15) is 26.3 Å². The van der Waals surface area contributed by atoms with E-state index >= 15 is 0 Å². The maximum absolute atomic E-state index is 5.91. The fourth-order valence-corrected chi connectivity index (χ4v) is 1.94. The molecule has 0 atom stereocenters. The van der Waals surface area contributed by atoms with E-state index in [0.29, 0.717) is 11.9 Å². The number of benzene rings is 1. The monoisotopic (exact) mass is 211 g/mol. The zero-order valence-electron chi connectivity index (χ0n) is 9.13. The Hall–Kier alpha value is -0.690. The van der Waals surface area contributed by atoms with E-state index in [0.717, 1.165) is 6.54 Å². The molecule has 0 spiro atoms. The van der Waals surface area contributed by atoms with Crippen molar-refractivity contribution < 1.29 is 0 Å².